The highest BCUT2D eigenvalue weighted by molar-refractivity contribution is 9.10. The van der Waals surface area contributed by atoms with E-state index in [0.717, 1.165) is 10.0 Å². The fourth-order valence-corrected chi connectivity index (χ4v) is 3.17. The zero-order chi connectivity index (χ0) is 14.5. The van der Waals surface area contributed by atoms with Gasteiger partial charge in [-0.05, 0) is 24.1 Å². The van der Waals surface area contributed by atoms with Crippen LogP contribution in [0.15, 0.2) is 22.7 Å². The Labute approximate surface area is 122 Å². The predicted molar refractivity (Wildman–Crippen MR) is 70.0 cm³/mol. The first-order valence-corrected chi connectivity index (χ1v) is 6.79. The van der Waals surface area contributed by atoms with Crippen molar-refractivity contribution in [3.63, 3.8) is 0 Å². The maximum atomic E-state index is 12.4. The van der Waals surface area contributed by atoms with Crippen LogP contribution in [0.25, 0.3) is 0 Å². The number of carboxylic acids is 1. The summed E-state index contributed by atoms with van der Waals surface area (Å²) in [6.45, 7) is -0.675. The standard InChI is InChI=1S/C13H10BrNO5/c14-8-1-2-9-7(5-8)3-4-13(9)11(18)15(6-10(16)17)12(19)20-13/h1-2,5H,3-4,6H2,(H,16,17)/t13-/m1/s1. The first-order chi connectivity index (χ1) is 9.44. The minimum Gasteiger partial charge on any atom is -0.480 e. The highest BCUT2D eigenvalue weighted by Crippen LogP contribution is 2.45. The van der Waals surface area contributed by atoms with Crippen molar-refractivity contribution in [2.45, 2.75) is 18.4 Å². The van der Waals surface area contributed by atoms with E-state index in [1.54, 1.807) is 12.1 Å². The first-order valence-electron chi connectivity index (χ1n) is 6.00. The molecule has 0 bridgehead atoms. The molecule has 3 rings (SSSR count). The van der Waals surface area contributed by atoms with Crippen molar-refractivity contribution in [3.05, 3.63) is 33.8 Å². The molecule has 2 amide bonds. The fourth-order valence-electron chi connectivity index (χ4n) is 2.76. The van der Waals surface area contributed by atoms with Crippen molar-refractivity contribution in [1.82, 2.24) is 4.90 Å². The molecule has 1 aromatic rings. The van der Waals surface area contributed by atoms with Gasteiger partial charge in [0.05, 0.1) is 0 Å². The highest BCUT2D eigenvalue weighted by atomic mass is 79.9. The molecule has 1 aliphatic carbocycles. The molecule has 2 aliphatic rings. The largest absolute Gasteiger partial charge is 0.480 e. The molecule has 1 atom stereocenters. The molecule has 7 heteroatoms. The summed E-state index contributed by atoms with van der Waals surface area (Å²) in [5.74, 6) is -1.84. The first kappa shape index (κ1) is 13.1. The number of hydrogen-bond donors (Lipinski definition) is 1. The van der Waals surface area contributed by atoms with Gasteiger partial charge >= 0.3 is 12.1 Å². The Kier molecular flexibility index (Phi) is 2.82. The normalized spacial score (nSPS) is 24.1. The number of hydrogen-bond acceptors (Lipinski definition) is 4. The Bertz CT molecular complexity index is 644. The number of carboxylic acid groups (broad SMARTS) is 1. The summed E-state index contributed by atoms with van der Waals surface area (Å²) in [6, 6.07) is 5.39. The third kappa shape index (κ3) is 1.73. The van der Waals surface area contributed by atoms with Gasteiger partial charge < -0.3 is 9.84 Å². The van der Waals surface area contributed by atoms with Gasteiger partial charge in [0, 0.05) is 16.5 Å². The number of rotatable bonds is 2. The zero-order valence-corrected chi connectivity index (χ0v) is 11.8. The molecule has 0 radical (unpaired) electrons. The van der Waals surface area contributed by atoms with E-state index in [9.17, 15) is 14.4 Å². The number of benzene rings is 1. The van der Waals surface area contributed by atoms with Gasteiger partial charge in [-0.25, -0.2) is 9.69 Å². The maximum absolute atomic E-state index is 12.4. The number of fused-ring (bicyclic) bond motifs is 2. The smallest absolute Gasteiger partial charge is 0.418 e. The minimum absolute atomic E-state index is 0.347. The number of amides is 2. The molecule has 0 aromatic heterocycles. The Morgan fingerprint density at radius 1 is 1.45 bits per heavy atom. The van der Waals surface area contributed by atoms with Crippen LogP contribution in [0.4, 0.5) is 4.79 Å². The average Bonchev–Trinajstić information content (AvgIpc) is 2.84. The Morgan fingerprint density at radius 2 is 2.20 bits per heavy atom. The van der Waals surface area contributed by atoms with E-state index in [1.165, 1.54) is 0 Å². The number of imide groups is 1. The molecule has 0 unspecified atom stereocenters. The third-order valence-corrected chi connectivity index (χ3v) is 4.11. The maximum Gasteiger partial charge on any atom is 0.418 e. The van der Waals surface area contributed by atoms with Gasteiger partial charge in [0.15, 0.2) is 0 Å². The summed E-state index contributed by atoms with van der Waals surface area (Å²) in [5.41, 5.74) is 0.229. The summed E-state index contributed by atoms with van der Waals surface area (Å²) < 4.78 is 6.14. The van der Waals surface area contributed by atoms with Crippen LogP contribution in [0.5, 0.6) is 0 Å². The zero-order valence-electron chi connectivity index (χ0n) is 10.3. The second kappa shape index (κ2) is 4.31. The molecule has 6 nitrogen and oxygen atoms in total. The van der Waals surface area contributed by atoms with E-state index in [4.69, 9.17) is 9.84 Å². The summed E-state index contributed by atoms with van der Waals surface area (Å²) >= 11 is 3.35. The van der Waals surface area contributed by atoms with Gasteiger partial charge in [-0.2, -0.15) is 0 Å². The summed E-state index contributed by atoms with van der Waals surface area (Å²) in [5, 5.41) is 8.76. The molecule has 1 N–H and O–H groups in total. The molecule has 1 fully saturated rings. The van der Waals surface area contributed by atoms with E-state index in [-0.39, 0.29) is 0 Å². The Hall–Kier alpha value is -1.89. The topological polar surface area (TPSA) is 83.9 Å². The quantitative estimate of drug-likeness (QED) is 0.885. The number of ether oxygens (including phenoxy) is 1. The van der Waals surface area contributed by atoms with Crippen molar-refractivity contribution in [2.24, 2.45) is 0 Å². The minimum atomic E-state index is -1.34. The number of nitrogens with zero attached hydrogens (tertiary/aromatic N) is 1. The van der Waals surface area contributed by atoms with Crippen molar-refractivity contribution in [1.29, 1.82) is 0 Å². The van der Waals surface area contributed by atoms with Gasteiger partial charge in [0.1, 0.15) is 6.54 Å². The monoisotopic (exact) mass is 339 g/mol. The van der Waals surface area contributed by atoms with Gasteiger partial charge in [-0.1, -0.05) is 22.0 Å². The molecule has 0 saturated carbocycles. The van der Waals surface area contributed by atoms with E-state index in [1.807, 2.05) is 6.07 Å². The molecule has 104 valence electrons. The molecule has 1 aromatic carbocycles. The Morgan fingerprint density at radius 3 is 2.90 bits per heavy atom. The number of halogens is 1. The predicted octanol–water partition coefficient (Wildman–Crippen LogP) is 1.65. The van der Waals surface area contributed by atoms with Crippen LogP contribution >= 0.6 is 15.9 Å². The molecule has 1 spiro atoms. The average molecular weight is 340 g/mol. The van der Waals surface area contributed by atoms with Gasteiger partial charge in [-0.15, -0.1) is 0 Å². The van der Waals surface area contributed by atoms with Gasteiger partial charge in [-0.3, -0.25) is 9.59 Å². The number of carbonyl (C=O) groups is 3. The van der Waals surface area contributed by atoms with Crippen LogP contribution in [0.3, 0.4) is 0 Å². The van der Waals surface area contributed by atoms with Gasteiger partial charge in [0.25, 0.3) is 5.91 Å². The number of carbonyl (C=O) groups excluding carboxylic acids is 2. The summed E-state index contributed by atoms with van der Waals surface area (Å²) in [7, 11) is 0. The molecule has 20 heavy (non-hydrogen) atoms. The van der Waals surface area contributed by atoms with Gasteiger partial charge in [0.2, 0.25) is 5.60 Å². The van der Waals surface area contributed by atoms with Crippen molar-refractivity contribution in [3.8, 4) is 0 Å². The van der Waals surface area contributed by atoms with Crippen molar-refractivity contribution in [2.75, 3.05) is 6.54 Å². The third-order valence-electron chi connectivity index (χ3n) is 3.61. The number of aryl methyl sites for hydroxylation is 1. The molecule has 1 heterocycles. The highest BCUT2D eigenvalue weighted by Gasteiger charge is 2.58. The molecule has 1 saturated heterocycles. The van der Waals surface area contributed by atoms with E-state index >= 15 is 0 Å². The summed E-state index contributed by atoms with van der Waals surface area (Å²) in [4.78, 5) is 35.6. The number of aliphatic carboxylic acids is 1. The molecular weight excluding hydrogens is 330 g/mol. The lowest BCUT2D eigenvalue weighted by Crippen LogP contribution is -2.39. The second-order valence-electron chi connectivity index (χ2n) is 4.78. The SMILES string of the molecule is O=C(O)CN1C(=O)O[C@@]2(CCc3cc(Br)ccc32)C1=O. The van der Waals surface area contributed by atoms with Crippen molar-refractivity contribution >= 4 is 33.9 Å². The lowest BCUT2D eigenvalue weighted by atomic mass is 9.95. The van der Waals surface area contributed by atoms with Crippen LogP contribution in [-0.2, 0) is 26.3 Å². The molecular formula is C13H10BrNO5. The van der Waals surface area contributed by atoms with Crippen LogP contribution in [0.1, 0.15) is 17.5 Å². The van der Waals surface area contributed by atoms with E-state index in [2.05, 4.69) is 15.9 Å². The van der Waals surface area contributed by atoms with E-state index in [0.29, 0.717) is 23.3 Å². The second-order valence-corrected chi connectivity index (χ2v) is 5.70. The van der Waals surface area contributed by atoms with Crippen LogP contribution in [0.2, 0.25) is 0 Å². The fraction of sp³-hybridized carbons (Fsp3) is 0.308. The van der Waals surface area contributed by atoms with Crippen LogP contribution in [-0.4, -0.2) is 34.5 Å². The van der Waals surface area contributed by atoms with Crippen molar-refractivity contribution < 1.29 is 24.2 Å². The van der Waals surface area contributed by atoms with E-state index < -0.39 is 30.1 Å². The lowest BCUT2D eigenvalue weighted by molar-refractivity contribution is -0.144. The Balaban J connectivity index is 2.03. The summed E-state index contributed by atoms with van der Waals surface area (Å²) in [6.07, 6.45) is 0.0573. The lowest BCUT2D eigenvalue weighted by Gasteiger charge is -2.20. The van der Waals surface area contributed by atoms with Crippen LogP contribution < -0.4 is 0 Å². The molecule has 1 aliphatic heterocycles. The van der Waals surface area contributed by atoms with Crippen LogP contribution in [0, 0.1) is 0 Å².